The van der Waals surface area contributed by atoms with Gasteiger partial charge in [-0.15, -0.1) is 0 Å². The van der Waals surface area contributed by atoms with Crippen molar-refractivity contribution in [1.29, 1.82) is 0 Å². The fourth-order valence-corrected chi connectivity index (χ4v) is 2.65. The van der Waals surface area contributed by atoms with E-state index in [2.05, 4.69) is 26.2 Å². The van der Waals surface area contributed by atoms with Crippen LogP contribution in [0.1, 0.15) is 48.9 Å². The monoisotopic (exact) mass is 326 g/mol. The number of nitrogens with one attached hydrogen (secondary N) is 1. The lowest BCUT2D eigenvalue weighted by molar-refractivity contribution is 0.0246. The minimum absolute atomic E-state index is 0.183. The van der Waals surface area contributed by atoms with E-state index in [4.69, 9.17) is 0 Å². The molecular weight excluding hydrogens is 308 g/mol. The van der Waals surface area contributed by atoms with Gasteiger partial charge in [0.1, 0.15) is 4.60 Å². The largest absolute Gasteiger partial charge is 0.388 e. The normalized spacial score (nSPS) is 18.6. The van der Waals surface area contributed by atoms with E-state index >= 15 is 0 Å². The minimum atomic E-state index is -0.741. The van der Waals surface area contributed by atoms with E-state index in [9.17, 15) is 9.90 Å². The van der Waals surface area contributed by atoms with Gasteiger partial charge in [0.25, 0.3) is 5.91 Å². The number of hydrogen-bond acceptors (Lipinski definition) is 3. The molecule has 0 atom stereocenters. The molecule has 19 heavy (non-hydrogen) atoms. The first kappa shape index (κ1) is 14.5. The van der Waals surface area contributed by atoms with Gasteiger partial charge in [-0.25, -0.2) is 4.98 Å². The molecule has 1 aromatic rings. The van der Waals surface area contributed by atoms with Crippen LogP contribution in [0.4, 0.5) is 0 Å². The Morgan fingerprint density at radius 3 is 2.58 bits per heavy atom. The van der Waals surface area contributed by atoms with Gasteiger partial charge < -0.3 is 10.4 Å². The van der Waals surface area contributed by atoms with Crippen molar-refractivity contribution >= 4 is 21.8 Å². The lowest BCUT2D eigenvalue weighted by Gasteiger charge is -2.26. The maximum Gasteiger partial charge on any atom is 0.252 e. The summed E-state index contributed by atoms with van der Waals surface area (Å²) in [4.78, 5) is 16.0. The van der Waals surface area contributed by atoms with Crippen LogP contribution in [0.3, 0.4) is 0 Å². The number of rotatable bonds is 3. The second-order valence-electron chi connectivity index (χ2n) is 5.19. The third kappa shape index (κ3) is 4.28. The first-order valence-electron chi connectivity index (χ1n) is 6.71. The molecule has 104 valence electrons. The Hall–Kier alpha value is -0.940. The molecule has 1 aliphatic rings. The van der Waals surface area contributed by atoms with Crippen LogP contribution in [0.5, 0.6) is 0 Å². The molecule has 1 aliphatic carbocycles. The second kappa shape index (κ2) is 6.48. The summed E-state index contributed by atoms with van der Waals surface area (Å²) in [5.74, 6) is -0.183. The first-order valence-corrected chi connectivity index (χ1v) is 7.51. The standard InChI is InChI=1S/C14H19BrN2O2/c15-12-6-5-11(9-16-12)13(18)17-10-14(19)7-3-1-2-4-8-14/h5-6,9,19H,1-4,7-8,10H2,(H,17,18). The molecule has 0 saturated heterocycles. The molecular formula is C14H19BrN2O2. The van der Waals surface area contributed by atoms with Gasteiger partial charge in [0, 0.05) is 12.7 Å². The molecule has 1 aromatic heterocycles. The van der Waals surface area contributed by atoms with Crippen molar-refractivity contribution in [3.05, 3.63) is 28.5 Å². The van der Waals surface area contributed by atoms with Crippen LogP contribution in [-0.2, 0) is 0 Å². The van der Waals surface area contributed by atoms with Crippen LogP contribution < -0.4 is 5.32 Å². The highest BCUT2D eigenvalue weighted by molar-refractivity contribution is 9.10. The van der Waals surface area contributed by atoms with Crippen LogP contribution in [-0.4, -0.2) is 28.1 Å². The molecule has 2 rings (SSSR count). The van der Waals surface area contributed by atoms with E-state index in [1.165, 1.54) is 19.0 Å². The first-order chi connectivity index (χ1) is 9.09. The summed E-state index contributed by atoms with van der Waals surface area (Å²) < 4.78 is 0.700. The number of aliphatic hydroxyl groups is 1. The molecule has 1 amide bonds. The average Bonchev–Trinajstić information content (AvgIpc) is 2.62. The molecule has 1 fully saturated rings. The third-order valence-electron chi connectivity index (χ3n) is 3.60. The molecule has 0 bridgehead atoms. The molecule has 0 spiro atoms. The molecule has 0 aromatic carbocycles. The Kier molecular flexibility index (Phi) is 4.93. The summed E-state index contributed by atoms with van der Waals surface area (Å²) in [6, 6.07) is 3.44. The predicted octanol–water partition coefficient (Wildman–Crippen LogP) is 2.66. The molecule has 0 radical (unpaired) electrons. The average molecular weight is 327 g/mol. The summed E-state index contributed by atoms with van der Waals surface area (Å²) in [6.45, 7) is 0.321. The number of halogens is 1. The summed E-state index contributed by atoms with van der Waals surface area (Å²) in [5, 5.41) is 13.3. The third-order valence-corrected chi connectivity index (χ3v) is 4.07. The molecule has 4 nitrogen and oxygen atoms in total. The molecule has 0 aliphatic heterocycles. The number of carbonyl (C=O) groups excluding carboxylic acids is 1. The number of carbonyl (C=O) groups is 1. The summed E-state index contributed by atoms with van der Waals surface area (Å²) in [5.41, 5.74) is -0.227. The van der Waals surface area contributed by atoms with E-state index in [0.717, 1.165) is 25.7 Å². The Morgan fingerprint density at radius 2 is 2.00 bits per heavy atom. The van der Waals surface area contributed by atoms with Gasteiger partial charge in [-0.3, -0.25) is 4.79 Å². The predicted molar refractivity (Wildman–Crippen MR) is 76.9 cm³/mol. The fraction of sp³-hybridized carbons (Fsp3) is 0.571. The van der Waals surface area contributed by atoms with Gasteiger partial charge >= 0.3 is 0 Å². The zero-order valence-corrected chi connectivity index (χ0v) is 12.4. The molecule has 1 saturated carbocycles. The fourth-order valence-electron chi connectivity index (χ4n) is 2.42. The zero-order valence-electron chi connectivity index (χ0n) is 10.9. The molecule has 1 heterocycles. The molecule has 5 heteroatoms. The maximum atomic E-state index is 11.9. The SMILES string of the molecule is O=C(NCC1(O)CCCCCC1)c1ccc(Br)nc1. The number of amides is 1. The summed E-state index contributed by atoms with van der Waals surface area (Å²) >= 11 is 3.23. The maximum absolute atomic E-state index is 11.9. The van der Waals surface area contributed by atoms with Gasteiger partial charge in [-0.1, -0.05) is 25.7 Å². The van der Waals surface area contributed by atoms with E-state index in [1.54, 1.807) is 12.1 Å². The number of hydrogen-bond donors (Lipinski definition) is 2. The van der Waals surface area contributed by atoms with Crippen molar-refractivity contribution < 1.29 is 9.90 Å². The number of pyridine rings is 1. The van der Waals surface area contributed by atoms with E-state index in [-0.39, 0.29) is 5.91 Å². The smallest absolute Gasteiger partial charge is 0.252 e. The highest BCUT2D eigenvalue weighted by Crippen LogP contribution is 2.26. The van der Waals surface area contributed by atoms with Gasteiger partial charge in [0.15, 0.2) is 0 Å². The Labute approximate surface area is 121 Å². The topological polar surface area (TPSA) is 62.2 Å². The quantitative estimate of drug-likeness (QED) is 0.663. The minimum Gasteiger partial charge on any atom is -0.388 e. The lowest BCUT2D eigenvalue weighted by Crippen LogP contribution is -2.42. The van der Waals surface area contributed by atoms with Crippen LogP contribution in [0, 0.1) is 0 Å². The van der Waals surface area contributed by atoms with Gasteiger partial charge in [0.2, 0.25) is 0 Å². The van der Waals surface area contributed by atoms with Crippen molar-refractivity contribution in [2.45, 2.75) is 44.1 Å². The van der Waals surface area contributed by atoms with Crippen molar-refractivity contribution in [3.63, 3.8) is 0 Å². The van der Waals surface area contributed by atoms with Gasteiger partial charge in [-0.2, -0.15) is 0 Å². The summed E-state index contributed by atoms with van der Waals surface area (Å²) in [6.07, 6.45) is 7.48. The summed E-state index contributed by atoms with van der Waals surface area (Å²) in [7, 11) is 0. The van der Waals surface area contributed by atoms with Crippen LogP contribution in [0.25, 0.3) is 0 Å². The Morgan fingerprint density at radius 1 is 1.32 bits per heavy atom. The van der Waals surface area contributed by atoms with E-state index < -0.39 is 5.60 Å². The highest BCUT2D eigenvalue weighted by atomic mass is 79.9. The van der Waals surface area contributed by atoms with E-state index in [0.29, 0.717) is 16.7 Å². The van der Waals surface area contributed by atoms with Gasteiger partial charge in [0.05, 0.1) is 11.2 Å². The van der Waals surface area contributed by atoms with Crippen molar-refractivity contribution in [2.75, 3.05) is 6.54 Å². The Bertz CT molecular complexity index is 426. The Balaban J connectivity index is 1.90. The van der Waals surface area contributed by atoms with Crippen molar-refractivity contribution in [2.24, 2.45) is 0 Å². The van der Waals surface area contributed by atoms with Crippen LogP contribution in [0.2, 0.25) is 0 Å². The second-order valence-corrected chi connectivity index (χ2v) is 6.00. The van der Waals surface area contributed by atoms with Crippen LogP contribution in [0.15, 0.2) is 22.9 Å². The zero-order chi connectivity index (χ0) is 13.7. The highest BCUT2D eigenvalue weighted by Gasteiger charge is 2.28. The van der Waals surface area contributed by atoms with Crippen molar-refractivity contribution in [3.8, 4) is 0 Å². The van der Waals surface area contributed by atoms with Gasteiger partial charge in [-0.05, 0) is 40.9 Å². The molecule has 2 N–H and O–H groups in total. The lowest BCUT2D eigenvalue weighted by atomic mass is 9.94. The number of nitrogens with zero attached hydrogens (tertiary/aromatic N) is 1. The molecule has 0 unspecified atom stereocenters. The van der Waals surface area contributed by atoms with Crippen molar-refractivity contribution in [1.82, 2.24) is 10.3 Å². The number of aromatic nitrogens is 1. The van der Waals surface area contributed by atoms with E-state index in [1.807, 2.05) is 0 Å². The van der Waals surface area contributed by atoms with Crippen LogP contribution >= 0.6 is 15.9 Å².